The Morgan fingerprint density at radius 3 is 2.71 bits per heavy atom. The van der Waals surface area contributed by atoms with E-state index in [9.17, 15) is 4.79 Å². The van der Waals surface area contributed by atoms with Crippen molar-refractivity contribution in [2.75, 3.05) is 13.1 Å². The highest BCUT2D eigenvalue weighted by Crippen LogP contribution is 2.22. The van der Waals surface area contributed by atoms with E-state index in [2.05, 4.69) is 0 Å². The predicted molar refractivity (Wildman–Crippen MR) is 58.8 cm³/mol. The summed E-state index contributed by atoms with van der Waals surface area (Å²) in [6.45, 7) is 1.86. The SMILES string of the molecule is O=C(Cc1ccc(Cl)s1)N1CCCC1. The van der Waals surface area contributed by atoms with Crippen molar-refractivity contribution in [2.45, 2.75) is 19.3 Å². The van der Waals surface area contributed by atoms with E-state index >= 15 is 0 Å². The monoisotopic (exact) mass is 229 g/mol. The second kappa shape index (κ2) is 4.32. The van der Waals surface area contributed by atoms with E-state index in [0.717, 1.165) is 35.1 Å². The Morgan fingerprint density at radius 2 is 2.14 bits per heavy atom. The fourth-order valence-corrected chi connectivity index (χ4v) is 2.75. The molecule has 2 heterocycles. The van der Waals surface area contributed by atoms with Crippen LogP contribution in [0, 0.1) is 0 Å². The zero-order valence-electron chi connectivity index (χ0n) is 7.83. The van der Waals surface area contributed by atoms with Crippen molar-refractivity contribution >= 4 is 28.8 Å². The van der Waals surface area contributed by atoms with E-state index in [-0.39, 0.29) is 5.91 Å². The van der Waals surface area contributed by atoms with E-state index in [1.165, 1.54) is 11.3 Å². The summed E-state index contributed by atoms with van der Waals surface area (Å²) >= 11 is 7.29. The maximum Gasteiger partial charge on any atom is 0.227 e. The van der Waals surface area contributed by atoms with E-state index in [4.69, 9.17) is 11.6 Å². The number of carbonyl (C=O) groups is 1. The zero-order valence-corrected chi connectivity index (χ0v) is 9.40. The van der Waals surface area contributed by atoms with Crippen molar-refractivity contribution in [3.05, 3.63) is 21.3 Å². The van der Waals surface area contributed by atoms with Crippen molar-refractivity contribution in [2.24, 2.45) is 0 Å². The van der Waals surface area contributed by atoms with Crippen LogP contribution < -0.4 is 0 Å². The molecule has 0 atom stereocenters. The van der Waals surface area contributed by atoms with Gasteiger partial charge in [0, 0.05) is 18.0 Å². The largest absolute Gasteiger partial charge is 0.342 e. The summed E-state index contributed by atoms with van der Waals surface area (Å²) in [5.41, 5.74) is 0. The van der Waals surface area contributed by atoms with Crippen LogP contribution >= 0.6 is 22.9 Å². The molecular formula is C10H12ClNOS. The summed E-state index contributed by atoms with van der Waals surface area (Å²) in [5, 5.41) is 0. The van der Waals surface area contributed by atoms with Crippen molar-refractivity contribution in [3.63, 3.8) is 0 Å². The number of hydrogen-bond donors (Lipinski definition) is 0. The van der Waals surface area contributed by atoms with Crippen LogP contribution in [0.4, 0.5) is 0 Å². The molecule has 0 aliphatic carbocycles. The van der Waals surface area contributed by atoms with Crippen molar-refractivity contribution < 1.29 is 4.79 Å². The Hall–Kier alpha value is -0.540. The minimum atomic E-state index is 0.237. The van der Waals surface area contributed by atoms with Gasteiger partial charge in [-0.3, -0.25) is 4.79 Å². The lowest BCUT2D eigenvalue weighted by Gasteiger charge is -2.13. The van der Waals surface area contributed by atoms with E-state index < -0.39 is 0 Å². The lowest BCUT2D eigenvalue weighted by atomic mass is 10.3. The number of rotatable bonds is 2. The third kappa shape index (κ3) is 2.28. The Morgan fingerprint density at radius 1 is 1.43 bits per heavy atom. The smallest absolute Gasteiger partial charge is 0.227 e. The molecule has 0 radical (unpaired) electrons. The molecule has 0 N–H and O–H groups in total. The Kier molecular flexibility index (Phi) is 3.08. The fourth-order valence-electron chi connectivity index (χ4n) is 1.67. The molecule has 2 nitrogen and oxygen atoms in total. The molecule has 1 aromatic heterocycles. The molecule has 4 heteroatoms. The minimum Gasteiger partial charge on any atom is -0.342 e. The number of amides is 1. The molecule has 0 unspecified atom stereocenters. The summed E-state index contributed by atoms with van der Waals surface area (Å²) < 4.78 is 0.759. The molecule has 0 aromatic carbocycles. The molecular weight excluding hydrogens is 218 g/mol. The van der Waals surface area contributed by atoms with E-state index in [0.29, 0.717) is 6.42 Å². The van der Waals surface area contributed by atoms with Gasteiger partial charge in [0.1, 0.15) is 0 Å². The molecule has 0 saturated carbocycles. The predicted octanol–water partition coefficient (Wildman–Crippen LogP) is 2.57. The van der Waals surface area contributed by atoms with Crippen LogP contribution in [-0.2, 0) is 11.2 Å². The lowest BCUT2D eigenvalue weighted by Crippen LogP contribution is -2.28. The molecule has 0 spiro atoms. The molecule has 0 bridgehead atoms. The number of thiophene rings is 1. The normalized spacial score (nSPS) is 16.2. The molecule has 1 fully saturated rings. The summed E-state index contributed by atoms with van der Waals surface area (Å²) in [7, 11) is 0. The van der Waals surface area contributed by atoms with Crippen LogP contribution in [0.3, 0.4) is 0 Å². The molecule has 1 aliphatic rings. The standard InChI is InChI=1S/C10H12ClNOS/c11-9-4-3-8(14-9)7-10(13)12-5-1-2-6-12/h3-4H,1-2,5-7H2. The minimum absolute atomic E-state index is 0.237. The first-order valence-corrected chi connectivity index (χ1v) is 5.97. The zero-order chi connectivity index (χ0) is 9.97. The van der Waals surface area contributed by atoms with Gasteiger partial charge in [0.15, 0.2) is 0 Å². The van der Waals surface area contributed by atoms with Crippen LogP contribution in [0.2, 0.25) is 4.34 Å². The molecule has 76 valence electrons. The Balaban J connectivity index is 1.93. The van der Waals surface area contributed by atoms with Crippen LogP contribution in [0.25, 0.3) is 0 Å². The first-order valence-electron chi connectivity index (χ1n) is 4.78. The second-order valence-electron chi connectivity index (χ2n) is 3.47. The Labute approximate surface area is 92.5 Å². The fraction of sp³-hybridized carbons (Fsp3) is 0.500. The first-order chi connectivity index (χ1) is 6.75. The van der Waals surface area contributed by atoms with Gasteiger partial charge in [-0.1, -0.05) is 11.6 Å². The molecule has 1 aliphatic heterocycles. The summed E-state index contributed by atoms with van der Waals surface area (Å²) in [4.78, 5) is 14.7. The van der Waals surface area contributed by atoms with Gasteiger partial charge in [-0.2, -0.15) is 0 Å². The van der Waals surface area contributed by atoms with Gasteiger partial charge >= 0.3 is 0 Å². The van der Waals surface area contributed by atoms with Crippen LogP contribution in [0.15, 0.2) is 12.1 Å². The topological polar surface area (TPSA) is 20.3 Å². The lowest BCUT2D eigenvalue weighted by molar-refractivity contribution is -0.129. The van der Waals surface area contributed by atoms with Crippen molar-refractivity contribution in [1.29, 1.82) is 0 Å². The number of nitrogens with zero attached hydrogens (tertiary/aromatic N) is 1. The highest BCUT2D eigenvalue weighted by Gasteiger charge is 2.18. The summed E-state index contributed by atoms with van der Waals surface area (Å²) in [5.74, 6) is 0.237. The van der Waals surface area contributed by atoms with Gasteiger partial charge in [-0.25, -0.2) is 0 Å². The highest BCUT2D eigenvalue weighted by molar-refractivity contribution is 7.16. The Bertz CT molecular complexity index is 331. The van der Waals surface area contributed by atoms with Gasteiger partial charge in [0.05, 0.1) is 10.8 Å². The van der Waals surface area contributed by atoms with Crippen molar-refractivity contribution in [1.82, 2.24) is 4.90 Å². The van der Waals surface area contributed by atoms with Gasteiger partial charge in [0.25, 0.3) is 0 Å². The number of carbonyl (C=O) groups excluding carboxylic acids is 1. The number of likely N-dealkylation sites (tertiary alicyclic amines) is 1. The highest BCUT2D eigenvalue weighted by atomic mass is 35.5. The molecule has 1 saturated heterocycles. The molecule has 2 rings (SSSR count). The maximum absolute atomic E-state index is 11.7. The van der Waals surface area contributed by atoms with E-state index in [1.807, 2.05) is 17.0 Å². The van der Waals surface area contributed by atoms with Crippen LogP contribution in [-0.4, -0.2) is 23.9 Å². The van der Waals surface area contributed by atoms with Gasteiger partial charge < -0.3 is 4.90 Å². The van der Waals surface area contributed by atoms with Gasteiger partial charge in [0.2, 0.25) is 5.91 Å². The molecule has 1 amide bonds. The first kappa shape index (κ1) is 9.99. The quantitative estimate of drug-likeness (QED) is 0.764. The van der Waals surface area contributed by atoms with Gasteiger partial charge in [-0.05, 0) is 25.0 Å². The number of halogens is 1. The molecule has 1 aromatic rings. The van der Waals surface area contributed by atoms with Crippen LogP contribution in [0.1, 0.15) is 17.7 Å². The molecule has 14 heavy (non-hydrogen) atoms. The third-order valence-electron chi connectivity index (χ3n) is 2.41. The number of hydrogen-bond acceptors (Lipinski definition) is 2. The van der Waals surface area contributed by atoms with Crippen LogP contribution in [0.5, 0.6) is 0 Å². The second-order valence-corrected chi connectivity index (χ2v) is 5.27. The van der Waals surface area contributed by atoms with Crippen molar-refractivity contribution in [3.8, 4) is 0 Å². The third-order valence-corrected chi connectivity index (χ3v) is 3.64. The average molecular weight is 230 g/mol. The summed E-state index contributed by atoms with van der Waals surface area (Å²) in [6.07, 6.45) is 2.81. The summed E-state index contributed by atoms with van der Waals surface area (Å²) in [6, 6.07) is 3.78. The average Bonchev–Trinajstić information content (AvgIpc) is 2.75. The van der Waals surface area contributed by atoms with Gasteiger partial charge in [-0.15, -0.1) is 11.3 Å². The maximum atomic E-state index is 11.7. The van der Waals surface area contributed by atoms with E-state index in [1.54, 1.807) is 0 Å².